The Kier molecular flexibility index (Phi) is 4.75. The molecule has 3 aliphatic rings. The van der Waals surface area contributed by atoms with Gasteiger partial charge in [0, 0.05) is 30.8 Å². The number of rotatable bonds is 0. The average Bonchev–Trinajstić information content (AvgIpc) is 3.73. The van der Waals surface area contributed by atoms with E-state index in [1.807, 2.05) is 11.3 Å². The van der Waals surface area contributed by atoms with Gasteiger partial charge in [-0.2, -0.15) is 0 Å². The maximum absolute atomic E-state index is 6.96. The molecule has 0 fully saturated rings. The van der Waals surface area contributed by atoms with Gasteiger partial charge in [-0.05, 0) is 79.4 Å². The zero-order valence-corrected chi connectivity index (χ0v) is 26.3. The first-order chi connectivity index (χ1) is 22.7. The van der Waals surface area contributed by atoms with Gasteiger partial charge >= 0.3 is 0 Å². The second-order valence-electron chi connectivity index (χ2n) is 12.8. The van der Waals surface area contributed by atoms with Crippen molar-refractivity contribution in [3.05, 3.63) is 201 Å². The van der Waals surface area contributed by atoms with Gasteiger partial charge in [0.1, 0.15) is 0 Å². The Morgan fingerprint density at radius 1 is 0.391 bits per heavy atom. The van der Waals surface area contributed by atoms with Crippen LogP contribution < -0.4 is 0 Å². The van der Waals surface area contributed by atoms with E-state index in [-0.39, 0.29) is 0 Å². The van der Waals surface area contributed by atoms with Gasteiger partial charge in [0.05, 0.1) is 10.8 Å². The molecule has 0 bridgehead atoms. The summed E-state index contributed by atoms with van der Waals surface area (Å²) in [7, 11) is 0. The van der Waals surface area contributed by atoms with Gasteiger partial charge in [0.2, 0.25) is 0 Å². The fourth-order valence-corrected chi connectivity index (χ4v) is 11.0. The first-order valence-corrected chi connectivity index (χ1v) is 17.1. The average molecular weight is 621 g/mol. The molecule has 1 heterocycles. The minimum absolute atomic E-state index is 0.436. The number of fused-ring (bicyclic) bond motifs is 20. The summed E-state index contributed by atoms with van der Waals surface area (Å²) in [6.45, 7) is 0. The van der Waals surface area contributed by atoms with E-state index in [4.69, 9.17) is 11.6 Å². The number of thiophene rings is 1. The van der Waals surface area contributed by atoms with Crippen LogP contribution >= 0.6 is 22.9 Å². The van der Waals surface area contributed by atoms with Crippen molar-refractivity contribution in [3.8, 4) is 22.3 Å². The van der Waals surface area contributed by atoms with Crippen LogP contribution in [-0.2, 0) is 10.8 Å². The van der Waals surface area contributed by atoms with Gasteiger partial charge in [-0.3, -0.25) is 0 Å². The molecule has 0 aliphatic heterocycles. The standard InChI is InChI=1S/C44H25ClS/c45-26-21-22-31-39(25-26)44(38-24-23-30-29-13-3-10-20-40(29)46-42(30)41(31)38)36-18-8-6-16-34(36)43(35-17-7-9-19-37(35)44)32-14-4-1-11-27(32)28-12-2-5-15-33(28)43/h1-25H. The topological polar surface area (TPSA) is 0 Å². The monoisotopic (exact) mass is 620 g/mol. The van der Waals surface area contributed by atoms with E-state index >= 15 is 0 Å². The van der Waals surface area contributed by atoms with Crippen LogP contribution in [0.2, 0.25) is 5.02 Å². The van der Waals surface area contributed by atoms with Gasteiger partial charge in [-0.15, -0.1) is 11.3 Å². The van der Waals surface area contributed by atoms with Gasteiger partial charge in [0.15, 0.2) is 0 Å². The molecule has 0 saturated carbocycles. The summed E-state index contributed by atoms with van der Waals surface area (Å²) in [5.74, 6) is 0. The van der Waals surface area contributed by atoms with E-state index in [0.29, 0.717) is 0 Å². The summed E-state index contributed by atoms with van der Waals surface area (Å²) in [4.78, 5) is 0. The molecule has 0 unspecified atom stereocenters. The molecule has 1 aromatic heterocycles. The molecule has 0 nitrogen and oxygen atoms in total. The molecule has 3 aliphatic carbocycles. The number of hydrogen-bond acceptors (Lipinski definition) is 1. The van der Waals surface area contributed by atoms with E-state index < -0.39 is 10.8 Å². The predicted molar refractivity (Wildman–Crippen MR) is 193 cm³/mol. The Morgan fingerprint density at radius 2 is 0.913 bits per heavy atom. The molecular formula is C44H25ClS. The van der Waals surface area contributed by atoms with E-state index in [0.717, 1.165) is 5.02 Å². The lowest BCUT2D eigenvalue weighted by Crippen LogP contribution is -2.43. The van der Waals surface area contributed by atoms with E-state index in [9.17, 15) is 0 Å². The molecule has 11 rings (SSSR count). The second-order valence-corrected chi connectivity index (χ2v) is 14.3. The lowest BCUT2D eigenvalue weighted by Gasteiger charge is -2.48. The first-order valence-electron chi connectivity index (χ1n) is 15.9. The molecule has 46 heavy (non-hydrogen) atoms. The molecule has 0 N–H and O–H groups in total. The molecular weight excluding hydrogens is 596 g/mol. The highest BCUT2D eigenvalue weighted by molar-refractivity contribution is 7.26. The zero-order chi connectivity index (χ0) is 30.2. The molecule has 2 heteroatoms. The maximum Gasteiger partial charge on any atom is 0.0721 e. The van der Waals surface area contributed by atoms with Crippen molar-refractivity contribution < 1.29 is 0 Å². The lowest BCUT2D eigenvalue weighted by atomic mass is 9.52. The Labute approximate surface area is 276 Å². The first kappa shape index (κ1) is 25.3. The Hall–Kier alpha value is -4.95. The van der Waals surface area contributed by atoms with Crippen LogP contribution in [0.1, 0.15) is 44.5 Å². The van der Waals surface area contributed by atoms with Crippen molar-refractivity contribution in [1.82, 2.24) is 0 Å². The molecule has 214 valence electrons. The highest BCUT2D eigenvalue weighted by Gasteiger charge is 2.59. The van der Waals surface area contributed by atoms with Crippen LogP contribution in [0.15, 0.2) is 152 Å². The van der Waals surface area contributed by atoms with Gasteiger partial charge in [-0.1, -0.05) is 145 Å². The quantitative estimate of drug-likeness (QED) is 0.158. The fourth-order valence-electron chi connectivity index (χ4n) is 9.52. The molecule has 8 aromatic rings. The SMILES string of the molecule is Clc1ccc2c(c1)C1(c3ccccc3C3(c4ccccc4-c4ccccc43)c3ccccc31)c1ccc3c(sc4ccccc43)c1-2. The normalized spacial score (nSPS) is 15.4. The summed E-state index contributed by atoms with van der Waals surface area (Å²) >= 11 is 8.87. The summed E-state index contributed by atoms with van der Waals surface area (Å²) in [6, 6.07) is 56.8. The number of halogens is 1. The smallest absolute Gasteiger partial charge is 0.0721 e. The van der Waals surface area contributed by atoms with E-state index in [1.165, 1.54) is 86.9 Å². The summed E-state index contributed by atoms with van der Waals surface area (Å²) in [6.07, 6.45) is 0. The molecule has 0 radical (unpaired) electrons. The van der Waals surface area contributed by atoms with Crippen LogP contribution in [0.3, 0.4) is 0 Å². The van der Waals surface area contributed by atoms with Crippen LogP contribution in [-0.4, -0.2) is 0 Å². The third kappa shape index (κ3) is 2.72. The molecule has 0 saturated heterocycles. The van der Waals surface area contributed by atoms with Crippen LogP contribution in [0.25, 0.3) is 42.4 Å². The largest absolute Gasteiger partial charge is 0.135 e. The minimum atomic E-state index is -0.523. The van der Waals surface area contributed by atoms with Crippen molar-refractivity contribution in [2.24, 2.45) is 0 Å². The summed E-state index contributed by atoms with van der Waals surface area (Å²) < 4.78 is 2.68. The second kappa shape index (κ2) is 8.65. The predicted octanol–water partition coefficient (Wildman–Crippen LogP) is 11.7. The third-order valence-corrected chi connectivity index (χ3v) is 12.5. The van der Waals surface area contributed by atoms with Crippen LogP contribution in [0, 0.1) is 0 Å². The van der Waals surface area contributed by atoms with Crippen LogP contribution in [0.4, 0.5) is 0 Å². The van der Waals surface area contributed by atoms with E-state index in [2.05, 4.69) is 152 Å². The van der Waals surface area contributed by atoms with Crippen molar-refractivity contribution >= 4 is 43.1 Å². The van der Waals surface area contributed by atoms with Crippen molar-refractivity contribution in [2.45, 2.75) is 10.8 Å². The number of hydrogen-bond donors (Lipinski definition) is 0. The van der Waals surface area contributed by atoms with Crippen molar-refractivity contribution in [3.63, 3.8) is 0 Å². The van der Waals surface area contributed by atoms with Gasteiger partial charge in [-0.25, -0.2) is 0 Å². The Balaban J connectivity index is 1.37. The van der Waals surface area contributed by atoms with Crippen molar-refractivity contribution in [1.29, 1.82) is 0 Å². The molecule has 0 atom stereocenters. The van der Waals surface area contributed by atoms with Gasteiger partial charge in [0.25, 0.3) is 0 Å². The summed E-state index contributed by atoms with van der Waals surface area (Å²) in [5, 5.41) is 3.42. The van der Waals surface area contributed by atoms with E-state index in [1.54, 1.807) is 0 Å². The molecule has 7 aromatic carbocycles. The Bertz CT molecular complexity index is 2530. The molecule has 0 amide bonds. The highest BCUT2D eigenvalue weighted by atomic mass is 35.5. The lowest BCUT2D eigenvalue weighted by molar-refractivity contribution is 0.633. The summed E-state index contributed by atoms with van der Waals surface area (Å²) in [5.41, 5.74) is 15.0. The van der Waals surface area contributed by atoms with Crippen molar-refractivity contribution in [2.75, 3.05) is 0 Å². The molecule has 2 spiro atoms. The number of benzene rings is 7. The van der Waals surface area contributed by atoms with Crippen LogP contribution in [0.5, 0.6) is 0 Å². The maximum atomic E-state index is 6.96. The Morgan fingerprint density at radius 3 is 1.54 bits per heavy atom. The fraction of sp³-hybridized carbons (Fsp3) is 0.0455. The van der Waals surface area contributed by atoms with Gasteiger partial charge < -0.3 is 0 Å². The zero-order valence-electron chi connectivity index (χ0n) is 24.7. The minimum Gasteiger partial charge on any atom is -0.135 e. The third-order valence-electron chi connectivity index (χ3n) is 11.0. The highest BCUT2D eigenvalue weighted by Crippen LogP contribution is 2.68.